The summed E-state index contributed by atoms with van der Waals surface area (Å²) in [6.07, 6.45) is 1.50. The Morgan fingerprint density at radius 3 is 2.82 bits per heavy atom. The maximum atomic E-state index is 13.3. The quantitative estimate of drug-likeness (QED) is 0.796. The summed E-state index contributed by atoms with van der Waals surface area (Å²) in [5.74, 6) is -1.36. The van der Waals surface area contributed by atoms with Crippen molar-refractivity contribution in [3.8, 4) is 0 Å². The number of rotatable bonds is 2. The van der Waals surface area contributed by atoms with Gasteiger partial charge in [-0.1, -0.05) is 5.16 Å². The Balaban J connectivity index is 1.65. The van der Waals surface area contributed by atoms with Crippen LogP contribution in [0, 0.1) is 12.3 Å². The molecular formula is C11H15F2N3O. The van der Waals surface area contributed by atoms with E-state index in [0.717, 1.165) is 13.0 Å². The van der Waals surface area contributed by atoms with E-state index in [9.17, 15) is 8.78 Å². The van der Waals surface area contributed by atoms with Crippen molar-refractivity contribution in [2.45, 2.75) is 38.7 Å². The highest BCUT2D eigenvalue weighted by atomic mass is 19.3. The summed E-state index contributed by atoms with van der Waals surface area (Å²) in [5, 5.41) is 3.70. The molecule has 1 unspecified atom stereocenters. The van der Waals surface area contributed by atoms with Crippen molar-refractivity contribution in [2.24, 2.45) is 5.41 Å². The van der Waals surface area contributed by atoms with Gasteiger partial charge in [0.25, 0.3) is 5.92 Å². The lowest BCUT2D eigenvalue weighted by atomic mass is 9.94. The lowest BCUT2D eigenvalue weighted by Gasteiger charge is -2.31. The molecule has 4 nitrogen and oxygen atoms in total. The average Bonchev–Trinajstić information content (AvgIpc) is 2.56. The molecule has 2 fully saturated rings. The Morgan fingerprint density at radius 1 is 1.47 bits per heavy atom. The fraction of sp³-hybridized carbons (Fsp3) is 0.818. The maximum Gasteiger partial charge on any atom is 0.255 e. The minimum absolute atomic E-state index is 0.0410. The number of alkyl halides is 2. The van der Waals surface area contributed by atoms with Crippen molar-refractivity contribution >= 4 is 0 Å². The van der Waals surface area contributed by atoms with Gasteiger partial charge in [-0.25, -0.2) is 8.78 Å². The van der Waals surface area contributed by atoms with Gasteiger partial charge >= 0.3 is 0 Å². The van der Waals surface area contributed by atoms with Crippen LogP contribution in [0.1, 0.15) is 31.0 Å². The van der Waals surface area contributed by atoms with Gasteiger partial charge in [0.15, 0.2) is 5.82 Å². The summed E-state index contributed by atoms with van der Waals surface area (Å²) < 4.78 is 31.6. The van der Waals surface area contributed by atoms with Crippen molar-refractivity contribution in [1.82, 2.24) is 15.0 Å². The first-order valence-electron chi connectivity index (χ1n) is 5.90. The van der Waals surface area contributed by atoms with Gasteiger partial charge in [0.2, 0.25) is 5.89 Å². The monoisotopic (exact) mass is 243 g/mol. The molecule has 1 atom stereocenters. The van der Waals surface area contributed by atoms with E-state index in [0.29, 0.717) is 31.2 Å². The molecule has 0 amide bonds. The smallest absolute Gasteiger partial charge is 0.255 e. The molecule has 0 N–H and O–H groups in total. The second kappa shape index (κ2) is 3.48. The van der Waals surface area contributed by atoms with Gasteiger partial charge in [0.05, 0.1) is 12.0 Å². The lowest BCUT2D eigenvalue weighted by molar-refractivity contribution is 0.0203. The van der Waals surface area contributed by atoms with Gasteiger partial charge in [-0.05, 0) is 26.3 Å². The number of halogens is 2. The first-order chi connectivity index (χ1) is 8.01. The Kier molecular flexibility index (Phi) is 2.26. The molecule has 6 heteroatoms. The van der Waals surface area contributed by atoms with Crippen molar-refractivity contribution in [3.05, 3.63) is 11.7 Å². The summed E-state index contributed by atoms with van der Waals surface area (Å²) in [5.41, 5.74) is -0.764. The van der Waals surface area contributed by atoms with Crippen LogP contribution in [-0.4, -0.2) is 34.1 Å². The lowest BCUT2D eigenvalue weighted by Crippen LogP contribution is -2.38. The molecule has 1 aliphatic carbocycles. The number of likely N-dealkylation sites (tertiary alicyclic amines) is 1. The molecule has 2 aliphatic rings. The minimum atomic E-state index is -2.46. The van der Waals surface area contributed by atoms with Gasteiger partial charge in [0.1, 0.15) is 0 Å². The van der Waals surface area contributed by atoms with E-state index in [1.807, 2.05) is 4.90 Å². The molecule has 1 saturated carbocycles. The molecule has 0 bridgehead atoms. The van der Waals surface area contributed by atoms with E-state index in [1.165, 1.54) is 0 Å². The minimum Gasteiger partial charge on any atom is -0.338 e. The third-order valence-electron chi connectivity index (χ3n) is 3.80. The van der Waals surface area contributed by atoms with Crippen LogP contribution in [0.15, 0.2) is 4.52 Å². The van der Waals surface area contributed by atoms with E-state index in [2.05, 4.69) is 10.1 Å². The summed E-state index contributed by atoms with van der Waals surface area (Å²) in [7, 11) is 0. The Bertz CT molecular complexity index is 434. The average molecular weight is 243 g/mol. The summed E-state index contributed by atoms with van der Waals surface area (Å²) >= 11 is 0. The van der Waals surface area contributed by atoms with Crippen LogP contribution in [-0.2, 0) is 6.54 Å². The molecule has 1 aromatic heterocycles. The van der Waals surface area contributed by atoms with Crippen LogP contribution in [0.2, 0.25) is 0 Å². The fourth-order valence-electron chi connectivity index (χ4n) is 2.78. The standard InChI is InChI=1S/C11H15F2N3O/c1-8-14-9(17-15-8)5-16-4-2-3-10(7-16)6-11(10,12)13/h2-7H2,1H3. The number of aromatic nitrogens is 2. The van der Waals surface area contributed by atoms with Gasteiger partial charge in [-0.2, -0.15) is 4.98 Å². The zero-order chi connectivity index (χ0) is 12.1. The molecular weight excluding hydrogens is 228 g/mol. The van der Waals surface area contributed by atoms with E-state index in [1.54, 1.807) is 6.92 Å². The Hall–Kier alpha value is -1.04. The van der Waals surface area contributed by atoms with Gasteiger partial charge in [-0.15, -0.1) is 0 Å². The molecule has 3 rings (SSSR count). The molecule has 1 aromatic rings. The number of hydrogen-bond acceptors (Lipinski definition) is 4. The molecule has 1 saturated heterocycles. The molecule has 0 aromatic carbocycles. The zero-order valence-corrected chi connectivity index (χ0v) is 9.75. The van der Waals surface area contributed by atoms with Crippen LogP contribution in [0.5, 0.6) is 0 Å². The van der Waals surface area contributed by atoms with Crippen LogP contribution in [0.4, 0.5) is 8.78 Å². The molecule has 2 heterocycles. The predicted octanol–water partition coefficient (Wildman–Crippen LogP) is 2.00. The molecule has 1 aliphatic heterocycles. The van der Waals surface area contributed by atoms with Gasteiger partial charge in [0, 0.05) is 13.0 Å². The van der Waals surface area contributed by atoms with Gasteiger partial charge < -0.3 is 4.52 Å². The maximum absolute atomic E-state index is 13.3. The zero-order valence-electron chi connectivity index (χ0n) is 9.75. The number of aryl methyl sites for hydroxylation is 1. The first kappa shape index (κ1) is 11.1. The van der Waals surface area contributed by atoms with Crippen LogP contribution < -0.4 is 0 Å². The van der Waals surface area contributed by atoms with Crippen molar-refractivity contribution in [2.75, 3.05) is 13.1 Å². The van der Waals surface area contributed by atoms with Crippen molar-refractivity contribution < 1.29 is 13.3 Å². The Morgan fingerprint density at radius 2 is 2.24 bits per heavy atom. The van der Waals surface area contributed by atoms with E-state index in [4.69, 9.17) is 4.52 Å². The molecule has 17 heavy (non-hydrogen) atoms. The van der Waals surface area contributed by atoms with E-state index < -0.39 is 11.3 Å². The first-order valence-corrected chi connectivity index (χ1v) is 5.90. The summed E-state index contributed by atoms with van der Waals surface area (Å²) in [6.45, 7) is 3.51. The SMILES string of the molecule is Cc1noc(CN2CCCC3(C2)CC3(F)F)n1. The summed E-state index contributed by atoms with van der Waals surface area (Å²) in [6, 6.07) is 0. The van der Waals surface area contributed by atoms with E-state index >= 15 is 0 Å². The van der Waals surface area contributed by atoms with Crippen molar-refractivity contribution in [3.63, 3.8) is 0 Å². The highest BCUT2D eigenvalue weighted by Gasteiger charge is 2.71. The number of hydrogen-bond donors (Lipinski definition) is 0. The second-order valence-corrected chi connectivity index (χ2v) is 5.21. The fourth-order valence-corrected chi connectivity index (χ4v) is 2.78. The van der Waals surface area contributed by atoms with Crippen LogP contribution >= 0.6 is 0 Å². The third-order valence-corrected chi connectivity index (χ3v) is 3.80. The third kappa shape index (κ3) is 1.84. The number of nitrogens with zero attached hydrogens (tertiary/aromatic N) is 3. The highest BCUT2D eigenvalue weighted by molar-refractivity contribution is 5.12. The molecule has 1 spiro atoms. The van der Waals surface area contributed by atoms with E-state index in [-0.39, 0.29) is 6.42 Å². The second-order valence-electron chi connectivity index (χ2n) is 5.21. The van der Waals surface area contributed by atoms with Gasteiger partial charge in [-0.3, -0.25) is 4.90 Å². The van der Waals surface area contributed by atoms with Crippen LogP contribution in [0.25, 0.3) is 0 Å². The largest absolute Gasteiger partial charge is 0.338 e. The highest BCUT2D eigenvalue weighted by Crippen LogP contribution is 2.64. The Labute approximate surface area is 98.0 Å². The van der Waals surface area contributed by atoms with Crippen LogP contribution in [0.3, 0.4) is 0 Å². The summed E-state index contributed by atoms with van der Waals surface area (Å²) in [4.78, 5) is 6.10. The normalized spacial score (nSPS) is 31.9. The molecule has 94 valence electrons. The number of piperidine rings is 1. The molecule has 0 radical (unpaired) electrons. The predicted molar refractivity (Wildman–Crippen MR) is 55.5 cm³/mol. The van der Waals surface area contributed by atoms with Crippen molar-refractivity contribution in [1.29, 1.82) is 0 Å². The topological polar surface area (TPSA) is 42.2 Å².